The van der Waals surface area contributed by atoms with Crippen LogP contribution in [0.2, 0.25) is 0 Å². The van der Waals surface area contributed by atoms with Gasteiger partial charge in [-0.2, -0.15) is 0 Å². The van der Waals surface area contributed by atoms with Gasteiger partial charge in [-0.1, -0.05) is 194 Å². The highest BCUT2D eigenvalue weighted by molar-refractivity contribution is 6.17. The van der Waals surface area contributed by atoms with Crippen molar-refractivity contribution < 1.29 is 0 Å². The predicted molar refractivity (Wildman–Crippen MR) is 231 cm³/mol. The van der Waals surface area contributed by atoms with E-state index in [2.05, 4.69) is 146 Å². The molecule has 262 valence electrons. The Hall–Kier alpha value is -7.56. The predicted octanol–water partition coefficient (Wildman–Crippen LogP) is 13.2. The van der Waals surface area contributed by atoms with Crippen molar-refractivity contribution in [2.45, 2.75) is 0 Å². The maximum Gasteiger partial charge on any atom is 0.164 e. The van der Waals surface area contributed by atoms with E-state index in [1.165, 1.54) is 27.6 Å². The standard InChI is InChI=1S/C52H34N4/c1-5-14-35(15-6-1)36-24-28-38(29-25-36)44-22-13-23-45-48(44)46-34-43(32-33-47(46)53-49(45)39-16-7-2-8-17-39)37-26-30-42(31-27-37)52-55-50(40-18-9-3-10-19-40)54-51(56-52)41-20-11-4-12-21-41/h1-34H. The largest absolute Gasteiger partial charge is 0.247 e. The van der Waals surface area contributed by atoms with Crippen molar-refractivity contribution in [3.8, 4) is 78.8 Å². The number of pyridine rings is 1. The summed E-state index contributed by atoms with van der Waals surface area (Å²) in [5.41, 5.74) is 12.8. The molecule has 0 N–H and O–H groups in total. The lowest BCUT2D eigenvalue weighted by molar-refractivity contribution is 1.07. The Morgan fingerprint density at radius 2 is 0.661 bits per heavy atom. The van der Waals surface area contributed by atoms with Gasteiger partial charge in [-0.3, -0.25) is 0 Å². The van der Waals surface area contributed by atoms with E-state index in [-0.39, 0.29) is 0 Å². The summed E-state index contributed by atoms with van der Waals surface area (Å²) in [6, 6.07) is 71.8. The average molecular weight is 715 g/mol. The number of fused-ring (bicyclic) bond motifs is 3. The van der Waals surface area contributed by atoms with Crippen LogP contribution in [0.25, 0.3) is 100 Å². The molecule has 2 aromatic heterocycles. The molecule has 8 aromatic carbocycles. The van der Waals surface area contributed by atoms with Crippen molar-refractivity contribution in [2.75, 3.05) is 0 Å². The molecule has 10 aromatic rings. The summed E-state index contributed by atoms with van der Waals surface area (Å²) < 4.78 is 0. The molecule has 4 nitrogen and oxygen atoms in total. The molecule has 0 aliphatic carbocycles. The van der Waals surface area contributed by atoms with E-state index in [1.807, 2.05) is 60.7 Å². The first-order valence-electron chi connectivity index (χ1n) is 18.8. The SMILES string of the molecule is c1ccc(-c2ccc(-c3cccc4c(-c5ccccc5)nc5ccc(-c6ccc(-c7nc(-c8ccccc8)nc(-c8ccccc8)n7)cc6)cc5c34)cc2)cc1. The second-order valence-corrected chi connectivity index (χ2v) is 13.8. The maximum atomic E-state index is 5.29. The molecule has 0 radical (unpaired) electrons. The third kappa shape index (κ3) is 6.29. The summed E-state index contributed by atoms with van der Waals surface area (Å²) in [5, 5.41) is 3.43. The van der Waals surface area contributed by atoms with Gasteiger partial charge < -0.3 is 0 Å². The fraction of sp³-hybridized carbons (Fsp3) is 0. The fourth-order valence-electron chi connectivity index (χ4n) is 7.51. The summed E-state index contributed by atoms with van der Waals surface area (Å²) in [6.45, 7) is 0. The van der Waals surface area contributed by atoms with Crippen LogP contribution >= 0.6 is 0 Å². The highest BCUT2D eigenvalue weighted by Gasteiger charge is 2.17. The molecular weight excluding hydrogens is 681 g/mol. The molecule has 0 fully saturated rings. The van der Waals surface area contributed by atoms with Gasteiger partial charge in [-0.05, 0) is 45.5 Å². The maximum absolute atomic E-state index is 5.29. The summed E-state index contributed by atoms with van der Waals surface area (Å²) in [4.78, 5) is 20.0. The summed E-state index contributed by atoms with van der Waals surface area (Å²) >= 11 is 0. The lowest BCUT2D eigenvalue weighted by Crippen LogP contribution is -2.00. The van der Waals surface area contributed by atoms with Crippen LogP contribution in [0.15, 0.2) is 206 Å². The van der Waals surface area contributed by atoms with Gasteiger partial charge in [0.15, 0.2) is 17.5 Å². The van der Waals surface area contributed by atoms with E-state index in [9.17, 15) is 0 Å². The van der Waals surface area contributed by atoms with Crippen molar-refractivity contribution in [3.63, 3.8) is 0 Å². The highest BCUT2D eigenvalue weighted by Crippen LogP contribution is 2.40. The molecule has 0 aliphatic heterocycles. The second kappa shape index (κ2) is 14.3. The van der Waals surface area contributed by atoms with Gasteiger partial charge in [0.05, 0.1) is 11.2 Å². The molecule has 0 saturated carbocycles. The molecule has 0 unspecified atom stereocenters. The van der Waals surface area contributed by atoms with Crippen LogP contribution in [0.1, 0.15) is 0 Å². The minimum absolute atomic E-state index is 0.634. The third-order valence-corrected chi connectivity index (χ3v) is 10.3. The van der Waals surface area contributed by atoms with Gasteiger partial charge in [-0.15, -0.1) is 0 Å². The monoisotopic (exact) mass is 714 g/mol. The van der Waals surface area contributed by atoms with Gasteiger partial charge in [0.1, 0.15) is 0 Å². The summed E-state index contributed by atoms with van der Waals surface area (Å²) in [7, 11) is 0. The molecule has 10 rings (SSSR count). The Balaban J connectivity index is 1.09. The summed E-state index contributed by atoms with van der Waals surface area (Å²) in [5.74, 6) is 1.93. The molecule has 0 saturated heterocycles. The topological polar surface area (TPSA) is 51.6 Å². The lowest BCUT2D eigenvalue weighted by atomic mass is 9.91. The zero-order chi connectivity index (χ0) is 37.3. The number of hydrogen-bond acceptors (Lipinski definition) is 4. The Kier molecular flexibility index (Phi) is 8.47. The first kappa shape index (κ1) is 33.0. The van der Waals surface area contributed by atoms with Crippen molar-refractivity contribution in [2.24, 2.45) is 0 Å². The molecule has 0 spiro atoms. The first-order valence-corrected chi connectivity index (χ1v) is 18.8. The van der Waals surface area contributed by atoms with E-state index in [0.29, 0.717) is 17.5 Å². The summed E-state index contributed by atoms with van der Waals surface area (Å²) in [6.07, 6.45) is 0. The number of benzene rings is 8. The fourth-order valence-corrected chi connectivity index (χ4v) is 7.51. The second-order valence-electron chi connectivity index (χ2n) is 13.8. The van der Waals surface area contributed by atoms with E-state index in [4.69, 9.17) is 19.9 Å². The highest BCUT2D eigenvalue weighted by atomic mass is 15.0. The first-order chi connectivity index (χ1) is 27.7. The number of rotatable bonds is 7. The number of aromatic nitrogens is 4. The van der Waals surface area contributed by atoms with Gasteiger partial charge in [0, 0.05) is 38.4 Å². The van der Waals surface area contributed by atoms with Gasteiger partial charge in [0.2, 0.25) is 0 Å². The minimum atomic E-state index is 0.634. The van der Waals surface area contributed by atoms with E-state index in [1.54, 1.807) is 0 Å². The Morgan fingerprint density at radius 1 is 0.250 bits per heavy atom. The van der Waals surface area contributed by atoms with Crippen LogP contribution in [-0.4, -0.2) is 19.9 Å². The van der Waals surface area contributed by atoms with Crippen LogP contribution in [0, 0.1) is 0 Å². The van der Waals surface area contributed by atoms with E-state index in [0.717, 1.165) is 55.4 Å². The van der Waals surface area contributed by atoms with Crippen molar-refractivity contribution >= 4 is 21.7 Å². The quantitative estimate of drug-likeness (QED) is 0.154. The van der Waals surface area contributed by atoms with Crippen LogP contribution in [0.3, 0.4) is 0 Å². The molecule has 0 atom stereocenters. The van der Waals surface area contributed by atoms with Crippen LogP contribution in [-0.2, 0) is 0 Å². The van der Waals surface area contributed by atoms with Gasteiger partial charge >= 0.3 is 0 Å². The molecule has 0 amide bonds. The molecule has 0 aliphatic rings. The molecule has 2 heterocycles. The molecule has 56 heavy (non-hydrogen) atoms. The number of nitrogens with zero attached hydrogens (tertiary/aromatic N) is 4. The van der Waals surface area contributed by atoms with Crippen molar-refractivity contribution in [3.05, 3.63) is 206 Å². The smallest absolute Gasteiger partial charge is 0.164 e. The number of hydrogen-bond donors (Lipinski definition) is 0. The van der Waals surface area contributed by atoms with Gasteiger partial charge in [0.25, 0.3) is 0 Å². The zero-order valence-corrected chi connectivity index (χ0v) is 30.4. The van der Waals surface area contributed by atoms with Crippen molar-refractivity contribution in [1.29, 1.82) is 0 Å². The Bertz CT molecular complexity index is 2910. The molecule has 0 bridgehead atoms. The Labute approximate surface area is 325 Å². The molecular formula is C52H34N4. The minimum Gasteiger partial charge on any atom is -0.247 e. The van der Waals surface area contributed by atoms with E-state index >= 15 is 0 Å². The van der Waals surface area contributed by atoms with Crippen LogP contribution < -0.4 is 0 Å². The van der Waals surface area contributed by atoms with Crippen LogP contribution in [0.4, 0.5) is 0 Å². The van der Waals surface area contributed by atoms with E-state index < -0.39 is 0 Å². The Morgan fingerprint density at radius 3 is 1.21 bits per heavy atom. The molecule has 4 heteroatoms. The average Bonchev–Trinajstić information content (AvgIpc) is 3.29. The van der Waals surface area contributed by atoms with Crippen LogP contribution in [0.5, 0.6) is 0 Å². The lowest BCUT2D eigenvalue weighted by Gasteiger charge is -2.15. The zero-order valence-electron chi connectivity index (χ0n) is 30.4. The third-order valence-electron chi connectivity index (χ3n) is 10.3. The van der Waals surface area contributed by atoms with Gasteiger partial charge in [-0.25, -0.2) is 19.9 Å². The van der Waals surface area contributed by atoms with Crippen molar-refractivity contribution in [1.82, 2.24) is 19.9 Å². The normalized spacial score (nSPS) is 11.2.